The fraction of sp³-hybridized carbons (Fsp3) is 0.571. The Balaban J connectivity index is 1.58. The van der Waals surface area contributed by atoms with Crippen molar-refractivity contribution in [2.75, 3.05) is 26.2 Å². The van der Waals surface area contributed by atoms with Crippen LogP contribution in [0.15, 0.2) is 18.5 Å². The van der Waals surface area contributed by atoms with Gasteiger partial charge in [-0.2, -0.15) is 5.10 Å². The molecule has 0 spiro atoms. The summed E-state index contributed by atoms with van der Waals surface area (Å²) in [5.74, 6) is 1.64. The minimum Gasteiger partial charge on any atom is -0.339 e. The molecule has 5 heteroatoms. The van der Waals surface area contributed by atoms with Crippen LogP contribution in [0.5, 0.6) is 0 Å². The molecule has 0 radical (unpaired) electrons. The van der Waals surface area contributed by atoms with Crippen LogP contribution in [0.3, 0.4) is 0 Å². The summed E-state index contributed by atoms with van der Waals surface area (Å²) in [6.45, 7) is 4.02. The van der Waals surface area contributed by atoms with Crippen molar-refractivity contribution in [2.24, 2.45) is 11.8 Å². The molecule has 0 saturated carbocycles. The molecule has 0 unspecified atom stereocenters. The van der Waals surface area contributed by atoms with Gasteiger partial charge >= 0.3 is 0 Å². The number of nitrogens with one attached hydrogen (secondary N) is 2. The Morgan fingerprint density at radius 1 is 1.32 bits per heavy atom. The van der Waals surface area contributed by atoms with Crippen LogP contribution in [-0.2, 0) is 4.79 Å². The van der Waals surface area contributed by atoms with Crippen LogP contribution >= 0.6 is 0 Å². The Labute approximate surface area is 113 Å². The fourth-order valence-electron chi connectivity index (χ4n) is 3.06. The summed E-state index contributed by atoms with van der Waals surface area (Å²) < 4.78 is 0. The highest BCUT2D eigenvalue weighted by atomic mass is 16.2. The topological polar surface area (TPSA) is 61.0 Å². The Morgan fingerprint density at radius 3 is 2.68 bits per heavy atom. The van der Waals surface area contributed by atoms with E-state index in [1.165, 1.54) is 0 Å². The van der Waals surface area contributed by atoms with Crippen molar-refractivity contribution < 1.29 is 4.79 Å². The molecule has 2 atom stereocenters. The molecule has 2 aliphatic rings. The third-order valence-corrected chi connectivity index (χ3v) is 4.27. The molecule has 3 heterocycles. The van der Waals surface area contributed by atoms with Crippen LogP contribution in [0.25, 0.3) is 6.08 Å². The van der Waals surface area contributed by atoms with E-state index in [0.29, 0.717) is 0 Å². The molecule has 3 rings (SSSR count). The van der Waals surface area contributed by atoms with Gasteiger partial charge in [-0.05, 0) is 43.8 Å². The summed E-state index contributed by atoms with van der Waals surface area (Å²) in [7, 11) is 0. The Morgan fingerprint density at radius 2 is 2.05 bits per heavy atom. The average molecular weight is 260 g/mol. The minimum absolute atomic E-state index is 0.120. The lowest BCUT2D eigenvalue weighted by Gasteiger charge is -2.18. The zero-order valence-electron chi connectivity index (χ0n) is 11.0. The van der Waals surface area contributed by atoms with Gasteiger partial charge in [0.2, 0.25) is 5.91 Å². The first-order valence-electron chi connectivity index (χ1n) is 6.99. The second-order valence-corrected chi connectivity index (χ2v) is 5.45. The van der Waals surface area contributed by atoms with Crippen LogP contribution in [0, 0.1) is 11.8 Å². The van der Waals surface area contributed by atoms with Gasteiger partial charge in [0.1, 0.15) is 0 Å². The molecule has 1 aromatic rings. The van der Waals surface area contributed by atoms with Gasteiger partial charge in [-0.15, -0.1) is 0 Å². The van der Waals surface area contributed by atoms with Crippen LogP contribution < -0.4 is 5.32 Å². The van der Waals surface area contributed by atoms with E-state index in [-0.39, 0.29) is 5.91 Å². The molecule has 1 aromatic heterocycles. The first-order valence-corrected chi connectivity index (χ1v) is 6.99. The van der Waals surface area contributed by atoms with Gasteiger partial charge in [0.25, 0.3) is 0 Å². The van der Waals surface area contributed by atoms with Gasteiger partial charge in [0.15, 0.2) is 0 Å². The molecule has 2 N–H and O–H groups in total. The van der Waals surface area contributed by atoms with Crippen LogP contribution in [0.4, 0.5) is 0 Å². The monoisotopic (exact) mass is 260 g/mol. The Hall–Kier alpha value is -1.62. The maximum Gasteiger partial charge on any atom is 0.246 e. The van der Waals surface area contributed by atoms with Gasteiger partial charge < -0.3 is 10.2 Å². The SMILES string of the molecule is O=C(/C=C/c1cn[nH]c1)N1CC[C@@H]2CNC[C@@H]2CC1. The number of aromatic nitrogens is 2. The summed E-state index contributed by atoms with van der Waals surface area (Å²) in [5.41, 5.74) is 0.934. The summed E-state index contributed by atoms with van der Waals surface area (Å²) in [4.78, 5) is 14.1. The van der Waals surface area contributed by atoms with Crippen molar-refractivity contribution in [2.45, 2.75) is 12.8 Å². The number of aromatic amines is 1. The van der Waals surface area contributed by atoms with Crippen molar-refractivity contribution in [3.8, 4) is 0 Å². The lowest BCUT2D eigenvalue weighted by molar-refractivity contribution is -0.125. The van der Waals surface area contributed by atoms with Crippen LogP contribution in [0.2, 0.25) is 0 Å². The summed E-state index contributed by atoms with van der Waals surface area (Å²) in [6, 6.07) is 0. The number of amides is 1. The molecule has 0 aromatic carbocycles. The lowest BCUT2D eigenvalue weighted by atomic mass is 9.92. The largest absolute Gasteiger partial charge is 0.339 e. The quantitative estimate of drug-likeness (QED) is 0.776. The second-order valence-electron chi connectivity index (χ2n) is 5.45. The van der Waals surface area contributed by atoms with Crippen molar-refractivity contribution in [3.05, 3.63) is 24.0 Å². The van der Waals surface area contributed by atoms with E-state index in [0.717, 1.165) is 56.4 Å². The maximum atomic E-state index is 12.2. The van der Waals surface area contributed by atoms with E-state index in [1.54, 1.807) is 18.5 Å². The Bertz CT molecular complexity index is 440. The number of hydrogen-bond donors (Lipinski definition) is 2. The third-order valence-electron chi connectivity index (χ3n) is 4.27. The van der Waals surface area contributed by atoms with Crippen LogP contribution in [-0.4, -0.2) is 47.2 Å². The molecule has 2 aliphatic heterocycles. The molecule has 0 aliphatic carbocycles. The minimum atomic E-state index is 0.120. The number of nitrogens with zero attached hydrogens (tertiary/aromatic N) is 2. The third kappa shape index (κ3) is 2.87. The molecule has 0 bridgehead atoms. The van der Waals surface area contributed by atoms with Crippen molar-refractivity contribution in [1.82, 2.24) is 20.4 Å². The standard InChI is InChI=1S/C14H20N4O/c19-14(2-1-11-7-16-17-8-11)18-5-3-12-9-15-10-13(12)4-6-18/h1-2,7-8,12-13,15H,3-6,9-10H2,(H,16,17)/b2-1+/t12-,13+. The van der Waals surface area contributed by atoms with E-state index in [9.17, 15) is 4.79 Å². The predicted octanol–water partition coefficient (Wildman–Crippen LogP) is 0.881. The normalized spacial score (nSPS) is 27.5. The van der Waals surface area contributed by atoms with E-state index >= 15 is 0 Å². The van der Waals surface area contributed by atoms with E-state index in [4.69, 9.17) is 0 Å². The highest BCUT2D eigenvalue weighted by Crippen LogP contribution is 2.27. The van der Waals surface area contributed by atoms with Gasteiger partial charge in [0, 0.05) is 30.9 Å². The van der Waals surface area contributed by atoms with Gasteiger partial charge in [-0.1, -0.05) is 0 Å². The molecular weight excluding hydrogens is 240 g/mol. The van der Waals surface area contributed by atoms with Gasteiger partial charge in [0.05, 0.1) is 6.20 Å². The van der Waals surface area contributed by atoms with Crippen molar-refractivity contribution >= 4 is 12.0 Å². The summed E-state index contributed by atoms with van der Waals surface area (Å²) >= 11 is 0. The first kappa shape index (κ1) is 12.4. The maximum absolute atomic E-state index is 12.2. The molecular formula is C14H20N4O. The fourth-order valence-corrected chi connectivity index (χ4v) is 3.06. The van der Waals surface area contributed by atoms with Gasteiger partial charge in [-0.25, -0.2) is 0 Å². The number of carbonyl (C=O) groups is 1. The molecule has 2 saturated heterocycles. The highest BCUT2D eigenvalue weighted by Gasteiger charge is 2.30. The van der Waals surface area contributed by atoms with E-state index < -0.39 is 0 Å². The number of fused-ring (bicyclic) bond motifs is 1. The Kier molecular flexibility index (Phi) is 3.64. The lowest BCUT2D eigenvalue weighted by Crippen LogP contribution is -2.31. The zero-order chi connectivity index (χ0) is 13.1. The molecule has 19 heavy (non-hydrogen) atoms. The van der Waals surface area contributed by atoms with E-state index in [1.807, 2.05) is 11.0 Å². The smallest absolute Gasteiger partial charge is 0.246 e. The second kappa shape index (κ2) is 5.57. The number of hydrogen-bond acceptors (Lipinski definition) is 3. The number of likely N-dealkylation sites (tertiary alicyclic amines) is 1. The number of H-pyrrole nitrogens is 1. The number of rotatable bonds is 2. The van der Waals surface area contributed by atoms with Crippen molar-refractivity contribution in [1.29, 1.82) is 0 Å². The average Bonchev–Trinajstić information content (AvgIpc) is 3.05. The zero-order valence-corrected chi connectivity index (χ0v) is 11.0. The molecule has 5 nitrogen and oxygen atoms in total. The summed E-state index contributed by atoms with van der Waals surface area (Å²) in [6.07, 6.45) is 9.22. The van der Waals surface area contributed by atoms with E-state index in [2.05, 4.69) is 15.5 Å². The first-order chi connectivity index (χ1) is 9.33. The van der Waals surface area contributed by atoms with Gasteiger partial charge in [-0.3, -0.25) is 9.89 Å². The summed E-state index contributed by atoms with van der Waals surface area (Å²) in [5, 5.41) is 10.0. The highest BCUT2D eigenvalue weighted by molar-refractivity contribution is 5.91. The molecule has 102 valence electrons. The molecule has 2 fully saturated rings. The van der Waals surface area contributed by atoms with Crippen molar-refractivity contribution in [3.63, 3.8) is 0 Å². The van der Waals surface area contributed by atoms with Crippen LogP contribution in [0.1, 0.15) is 18.4 Å². The number of carbonyl (C=O) groups excluding carboxylic acids is 1. The molecule has 1 amide bonds. The predicted molar refractivity (Wildman–Crippen MR) is 73.3 cm³/mol.